The Morgan fingerprint density at radius 2 is 2.32 bits per heavy atom. The van der Waals surface area contributed by atoms with Crippen LogP contribution in [0.25, 0.3) is 6.08 Å². The quantitative estimate of drug-likeness (QED) is 0.621. The van der Waals surface area contributed by atoms with Crippen LogP contribution in [0.1, 0.15) is 18.9 Å². The number of hydrazone groups is 1. The molecule has 22 heavy (non-hydrogen) atoms. The number of nitrogens with one attached hydrogen (secondary N) is 1. The third-order valence-electron chi connectivity index (χ3n) is 3.37. The number of thioether (sulfide) groups is 1. The first-order valence-corrected chi connectivity index (χ1v) is 8.56. The van der Waals surface area contributed by atoms with Crippen molar-refractivity contribution < 1.29 is 9.53 Å². The minimum absolute atomic E-state index is 0.110. The zero-order valence-corrected chi connectivity index (χ0v) is 13.6. The highest BCUT2D eigenvalue weighted by Crippen LogP contribution is 2.28. The molecule has 2 rings (SSSR count). The first-order chi connectivity index (χ1) is 10.6. The van der Waals surface area contributed by atoms with E-state index in [2.05, 4.69) is 10.5 Å². The van der Waals surface area contributed by atoms with E-state index in [1.807, 2.05) is 43.5 Å². The molecular formula is C16H21N3O2S. The van der Waals surface area contributed by atoms with Crippen molar-refractivity contribution in [2.24, 2.45) is 10.8 Å². The summed E-state index contributed by atoms with van der Waals surface area (Å²) in [6, 6.07) is 7.28. The van der Waals surface area contributed by atoms with Crippen LogP contribution >= 0.6 is 11.8 Å². The minimum Gasteiger partial charge on any atom is -0.485 e. The Morgan fingerprint density at radius 1 is 1.55 bits per heavy atom. The number of hydrogen-bond acceptors (Lipinski definition) is 5. The summed E-state index contributed by atoms with van der Waals surface area (Å²) in [4.78, 5) is 11.8. The first-order valence-electron chi connectivity index (χ1n) is 7.16. The second-order valence-corrected chi connectivity index (χ2v) is 6.05. The summed E-state index contributed by atoms with van der Waals surface area (Å²) in [6.45, 7) is 1.94. The fraction of sp³-hybridized carbons (Fsp3) is 0.375. The Bertz CT molecular complexity index is 587. The third-order valence-corrected chi connectivity index (χ3v) is 4.02. The van der Waals surface area contributed by atoms with E-state index in [-0.39, 0.29) is 12.0 Å². The molecular weight excluding hydrogens is 298 g/mol. The van der Waals surface area contributed by atoms with Crippen LogP contribution in [-0.2, 0) is 4.79 Å². The van der Waals surface area contributed by atoms with Crippen LogP contribution in [0.3, 0.4) is 0 Å². The molecule has 0 aromatic heterocycles. The summed E-state index contributed by atoms with van der Waals surface area (Å²) in [5, 5.41) is 3.99. The lowest BCUT2D eigenvalue weighted by molar-refractivity contribution is -0.122. The molecule has 0 spiro atoms. The molecule has 6 heteroatoms. The van der Waals surface area contributed by atoms with Crippen LogP contribution < -0.4 is 15.9 Å². The molecule has 5 nitrogen and oxygen atoms in total. The van der Waals surface area contributed by atoms with Crippen molar-refractivity contribution in [1.82, 2.24) is 5.43 Å². The van der Waals surface area contributed by atoms with E-state index in [0.29, 0.717) is 6.42 Å². The van der Waals surface area contributed by atoms with Crippen molar-refractivity contribution in [3.8, 4) is 5.75 Å². The van der Waals surface area contributed by atoms with Gasteiger partial charge in [0, 0.05) is 11.1 Å². The summed E-state index contributed by atoms with van der Waals surface area (Å²) in [6.07, 6.45) is 6.13. The molecule has 1 aliphatic rings. The van der Waals surface area contributed by atoms with E-state index in [0.717, 1.165) is 22.6 Å². The van der Waals surface area contributed by atoms with Gasteiger partial charge in [-0.2, -0.15) is 16.9 Å². The van der Waals surface area contributed by atoms with Crippen LogP contribution in [0.15, 0.2) is 34.9 Å². The maximum atomic E-state index is 11.8. The Hall–Kier alpha value is -1.79. The lowest BCUT2D eigenvalue weighted by atomic mass is 10.0. The minimum atomic E-state index is -0.528. The Labute approximate surface area is 135 Å². The predicted molar refractivity (Wildman–Crippen MR) is 92.1 cm³/mol. The van der Waals surface area contributed by atoms with Crippen LogP contribution in [0.2, 0.25) is 0 Å². The molecule has 0 bridgehead atoms. The Balaban J connectivity index is 1.96. The molecule has 2 atom stereocenters. The van der Waals surface area contributed by atoms with Crippen LogP contribution in [-0.4, -0.2) is 36.3 Å². The second kappa shape index (κ2) is 8.00. The van der Waals surface area contributed by atoms with Crippen molar-refractivity contribution in [2.45, 2.75) is 25.5 Å². The third kappa shape index (κ3) is 4.35. The second-order valence-electron chi connectivity index (χ2n) is 5.06. The number of para-hydroxylation sites is 1. The topological polar surface area (TPSA) is 76.7 Å². The molecule has 1 aliphatic heterocycles. The number of benzene rings is 1. The lowest BCUT2D eigenvalue weighted by Gasteiger charge is -2.22. The van der Waals surface area contributed by atoms with Gasteiger partial charge in [0.25, 0.3) is 5.91 Å². The maximum Gasteiger partial charge on any atom is 0.256 e. The molecule has 0 radical (unpaired) electrons. The number of ether oxygens (including phenoxy) is 1. The van der Waals surface area contributed by atoms with Crippen molar-refractivity contribution in [1.29, 1.82) is 0 Å². The van der Waals surface area contributed by atoms with E-state index < -0.39 is 6.04 Å². The smallest absolute Gasteiger partial charge is 0.256 e. The van der Waals surface area contributed by atoms with Gasteiger partial charge in [0.1, 0.15) is 11.9 Å². The number of nitrogens with two attached hydrogens (primary N) is 1. The van der Waals surface area contributed by atoms with Gasteiger partial charge < -0.3 is 10.5 Å². The standard InChI is InChI=1S/C16H21N3O2S/c1-11-13(9-12-5-3-4-6-15(12)21-11)10-18-19-16(20)14(17)7-8-22-2/h3-6,9-11,14H,7-8,17H2,1-2H3,(H,19,20). The van der Waals surface area contributed by atoms with E-state index in [9.17, 15) is 4.79 Å². The summed E-state index contributed by atoms with van der Waals surface area (Å²) in [7, 11) is 0. The first kappa shape index (κ1) is 16.6. The van der Waals surface area contributed by atoms with Crippen LogP contribution in [0, 0.1) is 0 Å². The number of hydrogen-bond donors (Lipinski definition) is 2. The predicted octanol–water partition coefficient (Wildman–Crippen LogP) is 2.03. The monoisotopic (exact) mass is 319 g/mol. The van der Waals surface area contributed by atoms with E-state index >= 15 is 0 Å². The van der Waals surface area contributed by atoms with Crippen molar-refractivity contribution in [2.75, 3.05) is 12.0 Å². The van der Waals surface area contributed by atoms with Gasteiger partial charge in [-0.1, -0.05) is 18.2 Å². The van der Waals surface area contributed by atoms with Gasteiger partial charge in [-0.05, 0) is 37.5 Å². The zero-order chi connectivity index (χ0) is 15.9. The van der Waals surface area contributed by atoms with Crippen LogP contribution in [0.4, 0.5) is 0 Å². The molecule has 1 aromatic rings. The highest BCUT2D eigenvalue weighted by molar-refractivity contribution is 7.98. The van der Waals surface area contributed by atoms with Crippen molar-refractivity contribution >= 4 is 30.0 Å². The number of carbonyl (C=O) groups excluding carboxylic acids is 1. The Kier molecular flexibility index (Phi) is 6.03. The largest absolute Gasteiger partial charge is 0.485 e. The lowest BCUT2D eigenvalue weighted by Crippen LogP contribution is -2.38. The number of carbonyl (C=O) groups is 1. The number of amides is 1. The fourth-order valence-corrected chi connectivity index (χ4v) is 2.52. The SMILES string of the molecule is CSCCC(N)C(=O)NN=CC1=Cc2ccccc2OC1C. The van der Waals surface area contributed by atoms with Gasteiger partial charge in [0.15, 0.2) is 0 Å². The molecule has 0 aliphatic carbocycles. The molecule has 2 unspecified atom stereocenters. The highest BCUT2D eigenvalue weighted by Gasteiger charge is 2.17. The van der Waals surface area contributed by atoms with Gasteiger partial charge in [-0.3, -0.25) is 4.79 Å². The average Bonchev–Trinajstić information content (AvgIpc) is 2.52. The molecule has 3 N–H and O–H groups in total. The summed E-state index contributed by atoms with van der Waals surface area (Å²) < 4.78 is 5.80. The van der Waals surface area contributed by atoms with Gasteiger partial charge in [-0.15, -0.1) is 0 Å². The van der Waals surface area contributed by atoms with Crippen molar-refractivity contribution in [3.63, 3.8) is 0 Å². The highest BCUT2D eigenvalue weighted by atomic mass is 32.2. The van der Waals surface area contributed by atoms with Gasteiger partial charge >= 0.3 is 0 Å². The van der Waals surface area contributed by atoms with Gasteiger partial charge in [0.2, 0.25) is 0 Å². The molecule has 0 saturated heterocycles. The molecule has 118 valence electrons. The van der Waals surface area contributed by atoms with E-state index in [1.54, 1.807) is 18.0 Å². The molecule has 0 saturated carbocycles. The maximum absolute atomic E-state index is 11.8. The number of fused-ring (bicyclic) bond motifs is 1. The van der Waals surface area contributed by atoms with Crippen LogP contribution in [0.5, 0.6) is 5.75 Å². The molecule has 1 amide bonds. The van der Waals surface area contributed by atoms with Gasteiger partial charge in [-0.25, -0.2) is 5.43 Å². The summed E-state index contributed by atoms with van der Waals surface area (Å²) in [5.41, 5.74) is 10.2. The average molecular weight is 319 g/mol. The fourth-order valence-electron chi connectivity index (χ4n) is 2.03. The molecule has 1 heterocycles. The van der Waals surface area contributed by atoms with E-state index in [4.69, 9.17) is 10.5 Å². The normalized spacial score (nSPS) is 18.3. The zero-order valence-electron chi connectivity index (χ0n) is 12.8. The van der Waals surface area contributed by atoms with Crippen molar-refractivity contribution in [3.05, 3.63) is 35.4 Å². The number of nitrogens with zero attached hydrogens (tertiary/aromatic N) is 1. The molecule has 1 aromatic carbocycles. The van der Waals surface area contributed by atoms with Gasteiger partial charge in [0.05, 0.1) is 12.3 Å². The summed E-state index contributed by atoms with van der Waals surface area (Å²) in [5.74, 6) is 1.44. The molecule has 0 fully saturated rings. The van der Waals surface area contributed by atoms with E-state index in [1.165, 1.54) is 0 Å². The summed E-state index contributed by atoms with van der Waals surface area (Å²) >= 11 is 1.66. The Morgan fingerprint density at radius 3 is 3.09 bits per heavy atom. The number of rotatable bonds is 6.